The van der Waals surface area contributed by atoms with Gasteiger partial charge >= 0.3 is 0 Å². The fraction of sp³-hybridized carbons (Fsp3) is 0. The zero-order chi connectivity index (χ0) is 14.7. The number of anilines is 2. The first-order chi connectivity index (χ1) is 10.3. The fourth-order valence-corrected chi connectivity index (χ4v) is 1.98. The summed E-state index contributed by atoms with van der Waals surface area (Å²) in [5.41, 5.74) is 3.59. The average Bonchev–Trinajstić information content (AvgIpc) is 2.54. The van der Waals surface area contributed by atoms with Crippen LogP contribution in [-0.2, 0) is 0 Å². The molecule has 0 aliphatic heterocycles. The van der Waals surface area contributed by atoms with E-state index in [1.54, 1.807) is 6.07 Å². The van der Waals surface area contributed by atoms with E-state index in [9.17, 15) is 4.79 Å². The van der Waals surface area contributed by atoms with E-state index in [0.29, 0.717) is 22.7 Å². The second kappa shape index (κ2) is 5.51. The predicted octanol–water partition coefficient (Wildman–Crippen LogP) is 1.56. The van der Waals surface area contributed by atoms with E-state index in [1.807, 2.05) is 24.3 Å². The van der Waals surface area contributed by atoms with Crippen LogP contribution in [0.3, 0.4) is 0 Å². The van der Waals surface area contributed by atoms with E-state index in [4.69, 9.17) is 5.84 Å². The number of hydrazine groups is 1. The highest BCUT2D eigenvalue weighted by molar-refractivity contribution is 6.12. The number of hydrogen-bond donors (Lipinski definition) is 3. The van der Waals surface area contributed by atoms with Gasteiger partial charge in [-0.05, 0) is 12.1 Å². The summed E-state index contributed by atoms with van der Waals surface area (Å²) in [6.07, 6.45) is 4.52. The third kappa shape index (κ3) is 2.63. The lowest BCUT2D eigenvalue weighted by Crippen LogP contribution is -2.16. The van der Waals surface area contributed by atoms with E-state index in [0.717, 1.165) is 5.39 Å². The Bertz CT molecular complexity index is 790. The molecule has 1 amide bonds. The molecule has 0 aliphatic carbocycles. The Morgan fingerprint density at radius 1 is 1.14 bits per heavy atom. The second-order valence-corrected chi connectivity index (χ2v) is 4.26. The molecule has 104 valence electrons. The SMILES string of the molecule is NNc1cc(C(=O)Nc2cnccn2)c2ccccc2n1. The van der Waals surface area contributed by atoms with Crippen LogP contribution in [0.25, 0.3) is 10.9 Å². The lowest BCUT2D eigenvalue weighted by molar-refractivity contribution is 0.102. The number of pyridine rings is 1. The quantitative estimate of drug-likeness (QED) is 0.496. The van der Waals surface area contributed by atoms with Crippen LogP contribution in [0, 0.1) is 0 Å². The number of hydrogen-bond acceptors (Lipinski definition) is 6. The third-order valence-corrected chi connectivity index (χ3v) is 2.91. The highest BCUT2D eigenvalue weighted by Gasteiger charge is 2.13. The Morgan fingerprint density at radius 3 is 2.76 bits per heavy atom. The van der Waals surface area contributed by atoms with Crippen LogP contribution in [0.5, 0.6) is 0 Å². The molecule has 2 aromatic heterocycles. The second-order valence-electron chi connectivity index (χ2n) is 4.26. The minimum Gasteiger partial charge on any atom is -0.308 e. The van der Waals surface area contributed by atoms with E-state index in [1.165, 1.54) is 18.6 Å². The van der Waals surface area contributed by atoms with Crippen molar-refractivity contribution in [2.24, 2.45) is 5.84 Å². The highest BCUT2D eigenvalue weighted by atomic mass is 16.1. The summed E-state index contributed by atoms with van der Waals surface area (Å²) < 4.78 is 0. The number of benzene rings is 1. The number of fused-ring (bicyclic) bond motifs is 1. The van der Waals surface area contributed by atoms with Crippen LogP contribution < -0.4 is 16.6 Å². The number of carbonyl (C=O) groups is 1. The standard InChI is InChI=1S/C14H12N6O/c15-20-12-7-10(9-3-1-2-4-11(9)18-12)14(21)19-13-8-16-5-6-17-13/h1-8H,15H2,(H,18,20)(H,17,19,21). The van der Waals surface area contributed by atoms with Crippen LogP contribution in [0.15, 0.2) is 48.9 Å². The molecule has 1 aromatic carbocycles. The molecule has 2 heterocycles. The number of nitrogen functional groups attached to an aromatic ring is 1. The summed E-state index contributed by atoms with van der Waals surface area (Å²) in [5.74, 6) is 5.89. The van der Waals surface area contributed by atoms with E-state index in [-0.39, 0.29) is 5.91 Å². The molecule has 0 atom stereocenters. The first kappa shape index (κ1) is 12.9. The molecule has 0 radical (unpaired) electrons. The van der Waals surface area contributed by atoms with Gasteiger partial charge in [0.15, 0.2) is 5.82 Å². The molecule has 0 aliphatic rings. The molecule has 0 bridgehead atoms. The number of aromatic nitrogens is 3. The smallest absolute Gasteiger partial charge is 0.257 e. The van der Waals surface area contributed by atoms with Crippen LogP contribution >= 0.6 is 0 Å². The Labute approximate surface area is 120 Å². The number of nitrogens with one attached hydrogen (secondary N) is 2. The van der Waals surface area contributed by atoms with E-state index >= 15 is 0 Å². The van der Waals surface area contributed by atoms with Crippen molar-refractivity contribution in [1.29, 1.82) is 0 Å². The van der Waals surface area contributed by atoms with Crippen molar-refractivity contribution in [3.05, 3.63) is 54.5 Å². The molecule has 3 aromatic rings. The van der Waals surface area contributed by atoms with Gasteiger partial charge in [0.2, 0.25) is 0 Å². The van der Waals surface area contributed by atoms with E-state index < -0.39 is 0 Å². The molecule has 0 unspecified atom stereocenters. The molecule has 0 spiro atoms. The number of nitrogens with two attached hydrogens (primary N) is 1. The lowest BCUT2D eigenvalue weighted by atomic mass is 10.1. The van der Waals surface area contributed by atoms with Gasteiger partial charge in [-0.15, -0.1) is 0 Å². The zero-order valence-corrected chi connectivity index (χ0v) is 10.9. The van der Waals surface area contributed by atoms with Crippen molar-refractivity contribution in [1.82, 2.24) is 15.0 Å². The Morgan fingerprint density at radius 2 is 2.00 bits per heavy atom. The molecular formula is C14H12N6O. The summed E-state index contributed by atoms with van der Waals surface area (Å²) in [4.78, 5) is 24.6. The monoisotopic (exact) mass is 280 g/mol. The minimum atomic E-state index is -0.300. The molecule has 7 nitrogen and oxygen atoms in total. The summed E-state index contributed by atoms with van der Waals surface area (Å²) >= 11 is 0. The number of rotatable bonds is 3. The van der Waals surface area contributed by atoms with Crippen molar-refractivity contribution in [3.63, 3.8) is 0 Å². The summed E-state index contributed by atoms with van der Waals surface area (Å²) in [7, 11) is 0. The zero-order valence-electron chi connectivity index (χ0n) is 10.9. The topological polar surface area (TPSA) is 106 Å². The molecule has 0 saturated carbocycles. The Hall–Kier alpha value is -3.06. The van der Waals surface area contributed by atoms with Crippen molar-refractivity contribution in [2.45, 2.75) is 0 Å². The third-order valence-electron chi connectivity index (χ3n) is 2.91. The van der Waals surface area contributed by atoms with Gasteiger partial charge in [-0.2, -0.15) is 0 Å². The Balaban J connectivity index is 2.04. The molecular weight excluding hydrogens is 268 g/mol. The summed E-state index contributed by atoms with van der Waals surface area (Å²) in [6, 6.07) is 8.93. The van der Waals surface area contributed by atoms with Gasteiger partial charge in [0, 0.05) is 17.8 Å². The number of amides is 1. The maximum absolute atomic E-state index is 12.4. The van der Waals surface area contributed by atoms with E-state index in [2.05, 4.69) is 25.7 Å². The summed E-state index contributed by atoms with van der Waals surface area (Å²) in [6.45, 7) is 0. The highest BCUT2D eigenvalue weighted by Crippen LogP contribution is 2.21. The predicted molar refractivity (Wildman–Crippen MR) is 79.5 cm³/mol. The molecule has 3 rings (SSSR count). The average molecular weight is 280 g/mol. The molecule has 7 heteroatoms. The van der Waals surface area contributed by atoms with Crippen LogP contribution in [-0.4, -0.2) is 20.9 Å². The molecule has 0 saturated heterocycles. The number of para-hydroxylation sites is 1. The van der Waals surface area contributed by atoms with Gasteiger partial charge in [0.25, 0.3) is 5.91 Å². The fourth-order valence-electron chi connectivity index (χ4n) is 1.98. The van der Waals surface area contributed by atoms with Gasteiger partial charge in [-0.3, -0.25) is 9.78 Å². The minimum absolute atomic E-state index is 0.300. The van der Waals surface area contributed by atoms with Gasteiger partial charge < -0.3 is 10.7 Å². The van der Waals surface area contributed by atoms with Crippen molar-refractivity contribution >= 4 is 28.4 Å². The van der Waals surface area contributed by atoms with Gasteiger partial charge in [0.05, 0.1) is 17.3 Å². The van der Waals surface area contributed by atoms with Crippen molar-refractivity contribution < 1.29 is 4.79 Å². The van der Waals surface area contributed by atoms with Gasteiger partial charge in [-0.25, -0.2) is 15.8 Å². The first-order valence-electron chi connectivity index (χ1n) is 6.21. The van der Waals surface area contributed by atoms with Crippen LogP contribution in [0.2, 0.25) is 0 Å². The van der Waals surface area contributed by atoms with Crippen LogP contribution in [0.1, 0.15) is 10.4 Å². The maximum Gasteiger partial charge on any atom is 0.257 e. The largest absolute Gasteiger partial charge is 0.308 e. The van der Waals surface area contributed by atoms with Crippen LogP contribution in [0.4, 0.5) is 11.6 Å². The molecule has 4 N–H and O–H groups in total. The maximum atomic E-state index is 12.4. The first-order valence-corrected chi connectivity index (χ1v) is 6.21. The summed E-state index contributed by atoms with van der Waals surface area (Å²) in [5, 5.41) is 3.43. The van der Waals surface area contributed by atoms with Gasteiger partial charge in [-0.1, -0.05) is 18.2 Å². The molecule has 21 heavy (non-hydrogen) atoms. The Kier molecular flexibility index (Phi) is 3.40. The molecule has 0 fully saturated rings. The normalized spacial score (nSPS) is 10.3. The number of nitrogens with zero attached hydrogens (tertiary/aromatic N) is 3. The lowest BCUT2D eigenvalue weighted by Gasteiger charge is -2.09. The number of carbonyl (C=O) groups excluding carboxylic acids is 1. The van der Waals surface area contributed by atoms with Crippen molar-refractivity contribution in [3.8, 4) is 0 Å². The van der Waals surface area contributed by atoms with Crippen molar-refractivity contribution in [2.75, 3.05) is 10.7 Å². The van der Waals surface area contributed by atoms with Gasteiger partial charge in [0.1, 0.15) is 5.82 Å².